The number of anilines is 2. The van der Waals surface area contributed by atoms with E-state index in [0.717, 1.165) is 67.4 Å². The molecule has 1 amide bonds. The molecule has 7 rings (SSSR count). The van der Waals surface area contributed by atoms with E-state index in [1.807, 2.05) is 18.3 Å². The predicted molar refractivity (Wildman–Crippen MR) is 144 cm³/mol. The first-order valence-corrected chi connectivity index (χ1v) is 13.8. The molecule has 5 unspecified atom stereocenters. The number of pyridine rings is 1. The molecule has 0 bridgehead atoms. The monoisotopic (exact) mass is 500 g/mol. The van der Waals surface area contributed by atoms with Crippen molar-refractivity contribution in [1.82, 2.24) is 21.2 Å². The summed E-state index contributed by atoms with van der Waals surface area (Å²) in [5.74, 6) is 3.61. The minimum Gasteiger partial charge on any atom is -0.497 e. The summed E-state index contributed by atoms with van der Waals surface area (Å²) in [6.45, 7) is 4.06. The highest BCUT2D eigenvalue weighted by Gasteiger charge is 2.67. The number of nitrogens with zero attached hydrogens (tertiary/aromatic N) is 2. The molecule has 2 aliphatic carbocycles. The van der Waals surface area contributed by atoms with Gasteiger partial charge in [-0.1, -0.05) is 12.2 Å². The number of carbonyl (C=O) groups excluding carboxylic acids is 1. The third-order valence-electron chi connectivity index (χ3n) is 9.49. The van der Waals surface area contributed by atoms with Crippen LogP contribution in [0, 0.1) is 17.8 Å². The molecule has 3 aliphatic heterocycles. The van der Waals surface area contributed by atoms with E-state index in [2.05, 4.69) is 56.7 Å². The average Bonchev–Trinajstić information content (AvgIpc) is 3.49. The minimum atomic E-state index is -0.351. The summed E-state index contributed by atoms with van der Waals surface area (Å²) in [4.78, 5) is 20.1. The highest BCUT2D eigenvalue weighted by atomic mass is 16.5. The number of fused-ring (bicyclic) bond motifs is 3. The summed E-state index contributed by atoms with van der Waals surface area (Å²) in [5, 5.41) is 6.53. The zero-order valence-electron chi connectivity index (χ0n) is 21.4. The number of hydrazine groups is 1. The molecule has 4 N–H and O–H groups in total. The van der Waals surface area contributed by atoms with E-state index >= 15 is 0 Å². The average molecular weight is 501 g/mol. The van der Waals surface area contributed by atoms with Crippen LogP contribution in [0.3, 0.4) is 0 Å². The van der Waals surface area contributed by atoms with Crippen LogP contribution >= 0.6 is 0 Å². The van der Waals surface area contributed by atoms with Crippen LogP contribution < -0.4 is 31.1 Å². The maximum Gasteiger partial charge on any atom is 0.235 e. The molecule has 0 radical (unpaired) electrons. The molecule has 2 saturated heterocycles. The SMILES string of the molecule is COc1ccc2c(c1)[C@]1(CC1C1CCC3C(/C=C/c4ccc(N5CCNCC5)nc4)NNC3C1)C(=O)N2. The standard InChI is InChI=1S/C29H36N6O2/c1-37-20-5-8-25-22(15-20)29(28(36)32-25)16-23(29)19-4-6-21-24(33-34-26(21)14-19)7-2-18-3-9-27(31-17-18)35-12-10-30-11-13-35/h2-3,5,7-9,15,17,19,21,23-24,26,30,33-34H,4,6,10-14,16H2,1H3,(H,32,36)/b7-2+/t19?,21?,23?,24?,26?,29-/m0/s1. The smallest absolute Gasteiger partial charge is 0.235 e. The molecule has 2 aromatic rings. The van der Waals surface area contributed by atoms with Crippen LogP contribution in [-0.4, -0.2) is 56.3 Å². The van der Waals surface area contributed by atoms with Crippen LogP contribution in [0.5, 0.6) is 5.75 Å². The molecule has 1 aromatic carbocycles. The Morgan fingerprint density at radius 2 is 2.03 bits per heavy atom. The van der Waals surface area contributed by atoms with Gasteiger partial charge in [0.15, 0.2) is 0 Å². The lowest BCUT2D eigenvalue weighted by atomic mass is 9.73. The number of carbonyl (C=O) groups is 1. The number of hydrogen-bond donors (Lipinski definition) is 4. The number of hydrogen-bond acceptors (Lipinski definition) is 7. The number of nitrogens with one attached hydrogen (secondary N) is 4. The Kier molecular flexibility index (Phi) is 5.71. The first-order valence-electron chi connectivity index (χ1n) is 13.8. The van der Waals surface area contributed by atoms with Crippen LogP contribution in [0.25, 0.3) is 6.08 Å². The third-order valence-corrected chi connectivity index (χ3v) is 9.49. The van der Waals surface area contributed by atoms with Gasteiger partial charge in [-0.25, -0.2) is 4.98 Å². The Labute approximate surface area is 218 Å². The second-order valence-corrected chi connectivity index (χ2v) is 11.4. The maximum absolute atomic E-state index is 13.1. The van der Waals surface area contributed by atoms with Gasteiger partial charge >= 0.3 is 0 Å². The van der Waals surface area contributed by atoms with Crippen molar-refractivity contribution < 1.29 is 9.53 Å². The van der Waals surface area contributed by atoms with Gasteiger partial charge in [0.1, 0.15) is 11.6 Å². The highest BCUT2D eigenvalue weighted by Crippen LogP contribution is 2.65. The van der Waals surface area contributed by atoms with E-state index in [1.54, 1.807) is 7.11 Å². The molecular formula is C29H36N6O2. The largest absolute Gasteiger partial charge is 0.497 e. The summed E-state index contributed by atoms with van der Waals surface area (Å²) in [6.07, 6.45) is 10.9. The van der Waals surface area contributed by atoms with Crippen molar-refractivity contribution >= 4 is 23.5 Å². The van der Waals surface area contributed by atoms with Gasteiger partial charge in [-0.3, -0.25) is 15.6 Å². The summed E-state index contributed by atoms with van der Waals surface area (Å²) in [7, 11) is 1.69. The number of rotatable bonds is 5. The molecular weight excluding hydrogens is 464 g/mol. The highest BCUT2D eigenvalue weighted by molar-refractivity contribution is 6.09. The van der Waals surface area contributed by atoms with Crippen LogP contribution in [0.1, 0.15) is 36.8 Å². The maximum atomic E-state index is 13.1. The molecule has 194 valence electrons. The fourth-order valence-electron chi connectivity index (χ4n) is 7.39. The number of benzene rings is 1. The lowest BCUT2D eigenvalue weighted by Gasteiger charge is -2.33. The molecule has 8 nitrogen and oxygen atoms in total. The van der Waals surface area contributed by atoms with Gasteiger partial charge in [-0.05, 0) is 84.9 Å². The Hall–Kier alpha value is -2.94. The normalized spacial score (nSPS) is 34.5. The second kappa shape index (κ2) is 9.11. The molecule has 4 heterocycles. The molecule has 1 aromatic heterocycles. The fraction of sp³-hybridized carbons (Fsp3) is 0.517. The number of aromatic nitrogens is 1. The van der Waals surface area contributed by atoms with E-state index in [0.29, 0.717) is 29.8 Å². The first-order chi connectivity index (χ1) is 18.2. The van der Waals surface area contributed by atoms with E-state index < -0.39 is 0 Å². The van der Waals surface area contributed by atoms with Crippen molar-refractivity contribution in [2.75, 3.05) is 43.5 Å². The minimum absolute atomic E-state index is 0.178. The number of amides is 1. The first kappa shape index (κ1) is 23.2. The molecule has 2 saturated carbocycles. The predicted octanol–water partition coefficient (Wildman–Crippen LogP) is 2.68. The van der Waals surface area contributed by atoms with E-state index in [-0.39, 0.29) is 11.3 Å². The van der Waals surface area contributed by atoms with Crippen molar-refractivity contribution in [3.05, 3.63) is 53.7 Å². The number of ether oxygens (including phenoxy) is 1. The third kappa shape index (κ3) is 3.93. The van der Waals surface area contributed by atoms with E-state index in [9.17, 15) is 4.79 Å². The number of methoxy groups -OCH3 is 1. The lowest BCUT2D eigenvalue weighted by Crippen LogP contribution is -2.43. The van der Waals surface area contributed by atoms with Crippen LogP contribution in [0.2, 0.25) is 0 Å². The van der Waals surface area contributed by atoms with Crippen molar-refractivity contribution in [3.8, 4) is 5.75 Å². The summed E-state index contributed by atoms with van der Waals surface area (Å²) >= 11 is 0. The van der Waals surface area contributed by atoms with Gasteiger partial charge in [-0.2, -0.15) is 0 Å². The Morgan fingerprint density at radius 3 is 2.84 bits per heavy atom. The van der Waals surface area contributed by atoms with Gasteiger partial charge in [0, 0.05) is 50.1 Å². The Morgan fingerprint density at radius 1 is 1.14 bits per heavy atom. The van der Waals surface area contributed by atoms with E-state index in [4.69, 9.17) is 9.72 Å². The van der Waals surface area contributed by atoms with Gasteiger partial charge in [0.25, 0.3) is 0 Å². The molecule has 37 heavy (non-hydrogen) atoms. The molecule has 1 spiro atoms. The molecule has 4 fully saturated rings. The second-order valence-electron chi connectivity index (χ2n) is 11.4. The van der Waals surface area contributed by atoms with E-state index in [1.165, 1.54) is 12.8 Å². The Balaban J connectivity index is 0.988. The van der Waals surface area contributed by atoms with Crippen molar-refractivity contribution in [3.63, 3.8) is 0 Å². The zero-order chi connectivity index (χ0) is 25.0. The summed E-state index contributed by atoms with van der Waals surface area (Å²) < 4.78 is 5.46. The zero-order valence-corrected chi connectivity index (χ0v) is 21.4. The van der Waals surface area contributed by atoms with Crippen LogP contribution in [0.15, 0.2) is 42.6 Å². The topological polar surface area (TPSA) is 90.6 Å². The van der Waals surface area contributed by atoms with Gasteiger partial charge in [0.2, 0.25) is 5.91 Å². The lowest BCUT2D eigenvalue weighted by molar-refractivity contribution is -0.118. The van der Waals surface area contributed by atoms with Crippen LogP contribution in [0.4, 0.5) is 11.5 Å². The van der Waals surface area contributed by atoms with Gasteiger partial charge in [-0.15, -0.1) is 0 Å². The Bertz CT molecular complexity index is 1210. The van der Waals surface area contributed by atoms with Crippen molar-refractivity contribution in [2.24, 2.45) is 17.8 Å². The fourth-order valence-corrected chi connectivity index (χ4v) is 7.39. The quantitative estimate of drug-likeness (QED) is 0.502. The van der Waals surface area contributed by atoms with Gasteiger partial charge in [0.05, 0.1) is 12.5 Å². The summed E-state index contributed by atoms with van der Waals surface area (Å²) in [6, 6.07) is 11.0. The van der Waals surface area contributed by atoms with Gasteiger partial charge < -0.3 is 20.3 Å². The summed E-state index contributed by atoms with van der Waals surface area (Å²) in [5.41, 5.74) is 10.0. The van der Waals surface area contributed by atoms with Crippen LogP contribution in [-0.2, 0) is 10.2 Å². The van der Waals surface area contributed by atoms with Crippen molar-refractivity contribution in [1.29, 1.82) is 0 Å². The number of piperazine rings is 1. The molecule has 8 heteroatoms. The molecule has 6 atom stereocenters. The molecule has 5 aliphatic rings. The van der Waals surface area contributed by atoms with Crippen molar-refractivity contribution in [2.45, 2.75) is 43.2 Å².